The molecule has 0 saturated heterocycles. The van der Waals surface area contributed by atoms with E-state index in [1.807, 2.05) is 58.2 Å². The highest BCUT2D eigenvalue weighted by molar-refractivity contribution is 5.85. The molecule has 0 aliphatic heterocycles. The number of hydrogen-bond donors (Lipinski definition) is 1. The Kier molecular flexibility index (Phi) is 5.59. The molecule has 0 unspecified atom stereocenters. The minimum atomic E-state index is -0.223. The molecule has 0 spiro atoms. The van der Waals surface area contributed by atoms with Gasteiger partial charge < -0.3 is 14.8 Å². The first kappa shape index (κ1) is 18.7. The Morgan fingerprint density at radius 1 is 1.15 bits per heavy atom. The lowest BCUT2D eigenvalue weighted by Gasteiger charge is -2.08. The summed E-state index contributed by atoms with van der Waals surface area (Å²) in [7, 11) is 1.81. The van der Waals surface area contributed by atoms with E-state index in [0.717, 1.165) is 28.0 Å². The summed E-state index contributed by atoms with van der Waals surface area (Å²) >= 11 is 0. The van der Waals surface area contributed by atoms with Gasteiger partial charge >= 0.3 is 0 Å². The van der Waals surface area contributed by atoms with Gasteiger partial charge in [-0.1, -0.05) is 17.7 Å². The lowest BCUT2D eigenvalue weighted by atomic mass is 10.2. The molecule has 0 radical (unpaired) electrons. The molecular formula is C20H24N4O3. The number of pyridine rings is 1. The van der Waals surface area contributed by atoms with Gasteiger partial charge in [0, 0.05) is 12.7 Å². The van der Waals surface area contributed by atoms with Crippen LogP contribution in [0.15, 0.2) is 30.3 Å². The van der Waals surface area contributed by atoms with Gasteiger partial charge in [-0.05, 0) is 44.5 Å². The summed E-state index contributed by atoms with van der Waals surface area (Å²) in [4.78, 5) is 16.5. The maximum atomic E-state index is 12.0. The van der Waals surface area contributed by atoms with E-state index in [9.17, 15) is 4.79 Å². The van der Waals surface area contributed by atoms with Crippen LogP contribution in [0.25, 0.3) is 11.0 Å². The average Bonchev–Trinajstić information content (AvgIpc) is 2.94. The Morgan fingerprint density at radius 3 is 2.63 bits per heavy atom. The fraction of sp³-hybridized carbons (Fsp3) is 0.350. The molecule has 0 saturated carbocycles. The Bertz CT molecular complexity index is 948. The van der Waals surface area contributed by atoms with Crippen LogP contribution >= 0.6 is 0 Å². The monoisotopic (exact) mass is 368 g/mol. The average molecular weight is 368 g/mol. The van der Waals surface area contributed by atoms with Crippen molar-refractivity contribution in [1.82, 2.24) is 20.1 Å². The summed E-state index contributed by atoms with van der Waals surface area (Å²) < 4.78 is 12.9. The summed E-state index contributed by atoms with van der Waals surface area (Å²) in [6.45, 7) is 6.63. The molecule has 1 N–H and O–H groups in total. The van der Waals surface area contributed by atoms with Gasteiger partial charge in [-0.25, -0.2) is 9.67 Å². The molecule has 7 nitrogen and oxygen atoms in total. The van der Waals surface area contributed by atoms with Crippen molar-refractivity contribution in [1.29, 1.82) is 0 Å². The number of aryl methyl sites for hydroxylation is 4. The van der Waals surface area contributed by atoms with Crippen molar-refractivity contribution < 1.29 is 14.3 Å². The molecule has 3 aromatic rings. The number of fused-ring (bicyclic) bond motifs is 1. The van der Waals surface area contributed by atoms with Crippen LogP contribution in [0, 0.1) is 20.8 Å². The maximum Gasteiger partial charge on any atom is 0.258 e. The molecule has 27 heavy (non-hydrogen) atoms. The number of nitrogens with one attached hydrogen (secondary N) is 1. The minimum Gasteiger partial charge on any atom is -0.492 e. The van der Waals surface area contributed by atoms with E-state index >= 15 is 0 Å². The molecule has 142 valence electrons. The molecule has 2 aromatic heterocycles. The first-order valence-corrected chi connectivity index (χ1v) is 8.84. The van der Waals surface area contributed by atoms with E-state index in [-0.39, 0.29) is 12.5 Å². The summed E-state index contributed by atoms with van der Waals surface area (Å²) in [5, 5.41) is 7.94. The normalized spacial score (nSPS) is 10.8. The number of benzene rings is 1. The number of carbonyl (C=O) groups excluding carboxylic acids is 1. The van der Waals surface area contributed by atoms with Gasteiger partial charge in [0.05, 0.1) is 11.9 Å². The molecular weight excluding hydrogens is 344 g/mol. The number of hydrogen-bond acceptors (Lipinski definition) is 5. The third kappa shape index (κ3) is 4.55. The van der Waals surface area contributed by atoms with Gasteiger partial charge in [0.2, 0.25) is 5.88 Å². The molecule has 0 fully saturated rings. The zero-order valence-electron chi connectivity index (χ0n) is 16.1. The highest BCUT2D eigenvalue weighted by Crippen LogP contribution is 2.26. The fourth-order valence-corrected chi connectivity index (χ4v) is 2.83. The van der Waals surface area contributed by atoms with Crippen molar-refractivity contribution in [2.45, 2.75) is 20.8 Å². The van der Waals surface area contributed by atoms with E-state index in [1.165, 1.54) is 5.56 Å². The van der Waals surface area contributed by atoms with Gasteiger partial charge in [0.1, 0.15) is 12.4 Å². The van der Waals surface area contributed by atoms with Crippen LogP contribution in [0.5, 0.6) is 11.6 Å². The number of nitrogens with zero attached hydrogens (tertiary/aromatic N) is 3. The van der Waals surface area contributed by atoms with Crippen molar-refractivity contribution >= 4 is 16.9 Å². The van der Waals surface area contributed by atoms with Gasteiger partial charge in [0.15, 0.2) is 12.3 Å². The molecule has 2 heterocycles. The van der Waals surface area contributed by atoms with E-state index < -0.39 is 0 Å². The number of aromatic nitrogens is 3. The van der Waals surface area contributed by atoms with Crippen LogP contribution in [0.2, 0.25) is 0 Å². The lowest BCUT2D eigenvalue weighted by Crippen LogP contribution is -2.32. The lowest BCUT2D eigenvalue weighted by molar-refractivity contribution is -0.123. The summed E-state index contributed by atoms with van der Waals surface area (Å²) in [6, 6.07) is 9.75. The molecule has 0 aliphatic carbocycles. The van der Waals surface area contributed by atoms with E-state index in [2.05, 4.69) is 15.4 Å². The van der Waals surface area contributed by atoms with Gasteiger partial charge in [-0.3, -0.25) is 4.79 Å². The predicted molar refractivity (Wildman–Crippen MR) is 103 cm³/mol. The second-order valence-electron chi connectivity index (χ2n) is 6.51. The van der Waals surface area contributed by atoms with Crippen molar-refractivity contribution in [2.75, 3.05) is 19.8 Å². The van der Waals surface area contributed by atoms with Crippen LogP contribution in [0.3, 0.4) is 0 Å². The number of carbonyl (C=O) groups is 1. The predicted octanol–water partition coefficient (Wildman–Crippen LogP) is 2.47. The summed E-state index contributed by atoms with van der Waals surface area (Å²) in [6.07, 6.45) is 0. The molecule has 7 heteroatoms. The largest absolute Gasteiger partial charge is 0.492 e. The quantitative estimate of drug-likeness (QED) is 0.648. The van der Waals surface area contributed by atoms with Gasteiger partial charge in [-0.15, -0.1) is 5.10 Å². The number of ether oxygens (including phenoxy) is 2. The molecule has 1 aromatic carbocycles. The van der Waals surface area contributed by atoms with Crippen molar-refractivity contribution in [2.24, 2.45) is 7.05 Å². The Balaban J connectivity index is 1.49. The standard InChI is InChI=1S/C20H24N4O3/c1-13-5-7-16(8-6-13)26-10-9-21-17(25)12-27-20-18-14(2)11-15(3)22-19(18)24(4)23-20/h5-8,11H,9-10,12H2,1-4H3,(H,21,25). The van der Waals surface area contributed by atoms with Crippen LogP contribution in [0.4, 0.5) is 0 Å². The Morgan fingerprint density at radius 2 is 1.89 bits per heavy atom. The van der Waals surface area contributed by atoms with E-state index in [4.69, 9.17) is 9.47 Å². The first-order chi connectivity index (χ1) is 12.9. The van der Waals surface area contributed by atoms with E-state index in [1.54, 1.807) is 4.68 Å². The maximum absolute atomic E-state index is 12.0. The minimum absolute atomic E-state index is 0.107. The Hall–Kier alpha value is -3.09. The molecule has 1 amide bonds. The smallest absolute Gasteiger partial charge is 0.258 e. The zero-order chi connectivity index (χ0) is 19.4. The summed E-state index contributed by atoms with van der Waals surface area (Å²) in [5.41, 5.74) is 3.86. The van der Waals surface area contributed by atoms with Crippen LogP contribution in [-0.4, -0.2) is 40.4 Å². The zero-order valence-corrected chi connectivity index (χ0v) is 16.1. The van der Waals surface area contributed by atoms with Crippen molar-refractivity contribution in [3.8, 4) is 11.6 Å². The number of amides is 1. The molecule has 0 bridgehead atoms. The van der Waals surface area contributed by atoms with Crippen LogP contribution in [-0.2, 0) is 11.8 Å². The first-order valence-electron chi connectivity index (χ1n) is 8.84. The molecule has 0 aliphatic rings. The highest BCUT2D eigenvalue weighted by Gasteiger charge is 2.15. The summed E-state index contributed by atoms with van der Waals surface area (Å²) in [5.74, 6) is 0.979. The molecule has 0 atom stereocenters. The van der Waals surface area contributed by atoms with Gasteiger partial charge in [0.25, 0.3) is 5.91 Å². The third-order valence-corrected chi connectivity index (χ3v) is 4.14. The van der Waals surface area contributed by atoms with Crippen LogP contribution in [0.1, 0.15) is 16.8 Å². The Labute approximate surface area is 158 Å². The second kappa shape index (κ2) is 8.07. The topological polar surface area (TPSA) is 78.3 Å². The SMILES string of the molecule is Cc1ccc(OCCNC(=O)COc2nn(C)c3nc(C)cc(C)c23)cc1. The second-order valence-corrected chi connectivity index (χ2v) is 6.51. The van der Waals surface area contributed by atoms with Gasteiger partial charge in [-0.2, -0.15) is 0 Å². The van der Waals surface area contributed by atoms with Crippen molar-refractivity contribution in [3.63, 3.8) is 0 Å². The van der Waals surface area contributed by atoms with Crippen LogP contribution < -0.4 is 14.8 Å². The fourth-order valence-electron chi connectivity index (χ4n) is 2.83. The molecule has 3 rings (SSSR count). The highest BCUT2D eigenvalue weighted by atomic mass is 16.5. The third-order valence-electron chi connectivity index (χ3n) is 4.14. The van der Waals surface area contributed by atoms with E-state index in [0.29, 0.717) is 19.0 Å². The van der Waals surface area contributed by atoms with Crippen molar-refractivity contribution in [3.05, 3.63) is 47.2 Å². The number of rotatable bonds is 7.